The van der Waals surface area contributed by atoms with E-state index in [1.165, 1.54) is 0 Å². The Labute approximate surface area is 85.6 Å². The van der Waals surface area contributed by atoms with Crippen LogP contribution in [-0.2, 0) is 9.53 Å². The largest absolute Gasteiger partial charge is 0.383 e. The highest BCUT2D eigenvalue weighted by Gasteiger charge is 2.27. The normalized spacial score (nSPS) is 23.5. The second-order valence-electron chi connectivity index (χ2n) is 3.94. The first-order chi connectivity index (χ1) is 6.66. The van der Waals surface area contributed by atoms with Gasteiger partial charge in [0.2, 0.25) is 5.91 Å². The van der Waals surface area contributed by atoms with Crippen molar-refractivity contribution in [3.05, 3.63) is 0 Å². The molecule has 82 valence electrons. The first kappa shape index (κ1) is 11.5. The smallest absolute Gasteiger partial charge is 0.227 e. The maximum atomic E-state index is 11.9. The summed E-state index contributed by atoms with van der Waals surface area (Å²) in [5.74, 6) is 0.402. The van der Waals surface area contributed by atoms with Gasteiger partial charge in [-0.25, -0.2) is 0 Å². The first-order valence-corrected chi connectivity index (χ1v) is 5.13. The molecular formula is C10H20N2O2. The predicted molar refractivity (Wildman–Crippen MR) is 55.1 cm³/mol. The van der Waals surface area contributed by atoms with Crippen LogP contribution in [0.3, 0.4) is 0 Å². The Morgan fingerprint density at radius 2 is 2.43 bits per heavy atom. The molecule has 0 bridgehead atoms. The fourth-order valence-electron chi connectivity index (χ4n) is 1.72. The number of hydrogen-bond donors (Lipinski definition) is 1. The third-order valence-electron chi connectivity index (χ3n) is 2.83. The van der Waals surface area contributed by atoms with Gasteiger partial charge < -0.3 is 15.0 Å². The zero-order chi connectivity index (χ0) is 10.6. The van der Waals surface area contributed by atoms with Crippen LogP contribution in [0.4, 0.5) is 0 Å². The van der Waals surface area contributed by atoms with Crippen molar-refractivity contribution in [3.8, 4) is 0 Å². The lowest BCUT2D eigenvalue weighted by Crippen LogP contribution is -2.41. The van der Waals surface area contributed by atoms with Crippen molar-refractivity contribution < 1.29 is 9.53 Å². The molecule has 1 aliphatic rings. The molecule has 4 heteroatoms. The third-order valence-corrected chi connectivity index (χ3v) is 2.83. The third kappa shape index (κ3) is 2.69. The number of hydrogen-bond acceptors (Lipinski definition) is 3. The number of carbonyl (C=O) groups is 1. The molecule has 1 saturated heterocycles. The van der Waals surface area contributed by atoms with Crippen molar-refractivity contribution in [2.45, 2.75) is 19.4 Å². The quantitative estimate of drug-likeness (QED) is 0.699. The molecule has 0 aliphatic carbocycles. The molecule has 0 aromatic heterocycles. The molecule has 1 amide bonds. The highest BCUT2D eigenvalue weighted by molar-refractivity contribution is 5.79. The van der Waals surface area contributed by atoms with Crippen LogP contribution in [0, 0.1) is 5.92 Å². The lowest BCUT2D eigenvalue weighted by molar-refractivity contribution is -0.136. The molecule has 0 aromatic rings. The Balaban J connectivity index is 2.42. The molecule has 0 aromatic carbocycles. The SMILES string of the molecule is COCC(C)N(C)C(=O)[C@@H]1CCNC1. The first-order valence-electron chi connectivity index (χ1n) is 5.13. The maximum Gasteiger partial charge on any atom is 0.227 e. The number of ether oxygens (including phenoxy) is 1. The van der Waals surface area contributed by atoms with E-state index in [2.05, 4.69) is 5.32 Å². The van der Waals surface area contributed by atoms with E-state index in [1.807, 2.05) is 14.0 Å². The van der Waals surface area contributed by atoms with Gasteiger partial charge >= 0.3 is 0 Å². The lowest BCUT2D eigenvalue weighted by atomic mass is 10.1. The van der Waals surface area contributed by atoms with Crippen LogP contribution in [0.25, 0.3) is 0 Å². The van der Waals surface area contributed by atoms with Crippen molar-refractivity contribution in [1.29, 1.82) is 0 Å². The number of likely N-dealkylation sites (N-methyl/N-ethyl adjacent to an activating group) is 1. The Morgan fingerprint density at radius 3 is 2.93 bits per heavy atom. The van der Waals surface area contributed by atoms with Gasteiger partial charge in [-0.05, 0) is 19.9 Å². The second kappa shape index (κ2) is 5.32. The molecule has 0 radical (unpaired) electrons. The van der Waals surface area contributed by atoms with Crippen LogP contribution in [0.5, 0.6) is 0 Å². The van der Waals surface area contributed by atoms with E-state index in [9.17, 15) is 4.79 Å². The summed E-state index contributed by atoms with van der Waals surface area (Å²) in [6.45, 7) is 4.39. The molecule has 1 aliphatic heterocycles. The molecule has 0 spiro atoms. The van der Waals surface area contributed by atoms with Gasteiger partial charge in [0.1, 0.15) is 0 Å². The molecule has 1 unspecified atom stereocenters. The van der Waals surface area contributed by atoms with E-state index < -0.39 is 0 Å². The Bertz CT molecular complexity index is 191. The van der Waals surface area contributed by atoms with E-state index in [1.54, 1.807) is 12.0 Å². The highest BCUT2D eigenvalue weighted by atomic mass is 16.5. The summed E-state index contributed by atoms with van der Waals surface area (Å²) >= 11 is 0. The van der Waals surface area contributed by atoms with Crippen molar-refractivity contribution >= 4 is 5.91 Å². The molecule has 14 heavy (non-hydrogen) atoms. The second-order valence-corrected chi connectivity index (χ2v) is 3.94. The van der Waals surface area contributed by atoms with Crippen molar-refractivity contribution in [2.24, 2.45) is 5.92 Å². The number of methoxy groups -OCH3 is 1. The van der Waals surface area contributed by atoms with Crippen LogP contribution >= 0.6 is 0 Å². The average Bonchev–Trinajstić information content (AvgIpc) is 2.68. The van der Waals surface area contributed by atoms with Gasteiger partial charge in [-0.1, -0.05) is 0 Å². The van der Waals surface area contributed by atoms with E-state index in [0.717, 1.165) is 19.5 Å². The minimum absolute atomic E-state index is 0.160. The van der Waals surface area contributed by atoms with Gasteiger partial charge in [-0.2, -0.15) is 0 Å². The molecular weight excluding hydrogens is 180 g/mol. The standard InChI is InChI=1S/C10H20N2O2/c1-8(7-14-3)12(2)10(13)9-4-5-11-6-9/h8-9,11H,4-7H2,1-3H3/t8?,9-/m1/s1. The zero-order valence-corrected chi connectivity index (χ0v) is 9.25. The van der Waals surface area contributed by atoms with Gasteiger partial charge in [0, 0.05) is 20.7 Å². The fourth-order valence-corrected chi connectivity index (χ4v) is 1.72. The summed E-state index contributed by atoms with van der Waals surface area (Å²) in [7, 11) is 3.51. The van der Waals surface area contributed by atoms with Gasteiger partial charge in [0.25, 0.3) is 0 Å². The summed E-state index contributed by atoms with van der Waals surface area (Å²) in [4.78, 5) is 13.7. The van der Waals surface area contributed by atoms with Gasteiger partial charge in [-0.15, -0.1) is 0 Å². The number of amides is 1. The summed E-state index contributed by atoms with van der Waals surface area (Å²) < 4.78 is 5.03. The zero-order valence-electron chi connectivity index (χ0n) is 9.25. The number of carbonyl (C=O) groups excluding carboxylic acids is 1. The summed E-state index contributed by atoms with van der Waals surface area (Å²) in [6, 6.07) is 0.160. The van der Waals surface area contributed by atoms with Crippen LogP contribution < -0.4 is 5.32 Å². The average molecular weight is 200 g/mol. The topological polar surface area (TPSA) is 41.6 Å². The number of rotatable bonds is 4. The predicted octanol–water partition coefficient (Wildman–Crippen LogP) is 0.0892. The molecule has 1 rings (SSSR count). The van der Waals surface area contributed by atoms with Gasteiger partial charge in [0.15, 0.2) is 0 Å². The number of nitrogens with zero attached hydrogens (tertiary/aromatic N) is 1. The van der Waals surface area contributed by atoms with Crippen molar-refractivity contribution in [2.75, 3.05) is 33.9 Å². The summed E-state index contributed by atoms with van der Waals surface area (Å²) in [6.07, 6.45) is 0.961. The van der Waals surface area contributed by atoms with Crippen LogP contribution in [0.15, 0.2) is 0 Å². The van der Waals surface area contributed by atoms with Crippen molar-refractivity contribution in [3.63, 3.8) is 0 Å². The molecule has 4 nitrogen and oxygen atoms in total. The van der Waals surface area contributed by atoms with E-state index in [4.69, 9.17) is 4.74 Å². The summed E-state index contributed by atoms with van der Waals surface area (Å²) in [5.41, 5.74) is 0. The Morgan fingerprint density at radius 1 is 1.71 bits per heavy atom. The van der Waals surface area contributed by atoms with E-state index >= 15 is 0 Å². The molecule has 1 heterocycles. The molecule has 0 saturated carbocycles. The fraction of sp³-hybridized carbons (Fsp3) is 0.900. The van der Waals surface area contributed by atoms with Crippen LogP contribution in [0.1, 0.15) is 13.3 Å². The summed E-state index contributed by atoms with van der Waals surface area (Å²) in [5, 5.41) is 3.20. The van der Waals surface area contributed by atoms with Crippen molar-refractivity contribution in [1.82, 2.24) is 10.2 Å². The minimum atomic E-state index is 0.160. The molecule has 2 atom stereocenters. The monoisotopic (exact) mass is 200 g/mol. The van der Waals surface area contributed by atoms with Crippen LogP contribution in [-0.4, -0.2) is 50.7 Å². The Hall–Kier alpha value is -0.610. The number of nitrogens with one attached hydrogen (secondary N) is 1. The van der Waals surface area contributed by atoms with E-state index in [-0.39, 0.29) is 17.9 Å². The highest BCUT2D eigenvalue weighted by Crippen LogP contribution is 2.12. The minimum Gasteiger partial charge on any atom is -0.383 e. The van der Waals surface area contributed by atoms with Gasteiger partial charge in [-0.3, -0.25) is 4.79 Å². The Kier molecular flexibility index (Phi) is 4.35. The maximum absolute atomic E-state index is 11.9. The molecule has 1 N–H and O–H groups in total. The molecule has 1 fully saturated rings. The lowest BCUT2D eigenvalue weighted by Gasteiger charge is -2.26. The van der Waals surface area contributed by atoms with Gasteiger partial charge in [0.05, 0.1) is 18.6 Å². The van der Waals surface area contributed by atoms with E-state index in [0.29, 0.717) is 6.61 Å². The van der Waals surface area contributed by atoms with Crippen LogP contribution in [0.2, 0.25) is 0 Å².